The summed E-state index contributed by atoms with van der Waals surface area (Å²) in [7, 11) is -1.91. The molecule has 3 rings (SSSR count). The van der Waals surface area contributed by atoms with Gasteiger partial charge in [0.2, 0.25) is 0 Å². The van der Waals surface area contributed by atoms with Crippen molar-refractivity contribution in [2.45, 2.75) is 24.6 Å². The first kappa shape index (κ1) is 19.1. The van der Waals surface area contributed by atoms with Crippen LogP contribution in [0.3, 0.4) is 0 Å². The quantitative estimate of drug-likeness (QED) is 0.678. The largest absolute Gasteiger partial charge is 0.361 e. The molecule has 3 aromatic rings. The Kier molecular flexibility index (Phi) is 5.33. The molecule has 0 saturated carbocycles. The zero-order chi connectivity index (χ0) is 19.6. The van der Waals surface area contributed by atoms with Crippen molar-refractivity contribution in [1.82, 2.24) is 10.1 Å². The minimum Gasteiger partial charge on any atom is -0.361 e. The molecule has 0 aliphatic rings. The SMILES string of the molecule is Cc1noc(C)c1CN(C)C(=O)c1ccc(NS(=O)(=O)c2cccs2)cc1. The molecule has 9 heteroatoms. The number of hydrogen-bond acceptors (Lipinski definition) is 6. The summed E-state index contributed by atoms with van der Waals surface area (Å²) < 4.78 is 32.3. The summed E-state index contributed by atoms with van der Waals surface area (Å²) in [6, 6.07) is 9.55. The lowest BCUT2D eigenvalue weighted by atomic mass is 10.1. The average Bonchev–Trinajstić information content (AvgIpc) is 3.28. The molecule has 0 spiro atoms. The number of rotatable bonds is 6. The fourth-order valence-corrected chi connectivity index (χ4v) is 4.61. The molecular formula is C18H19N3O4S2. The van der Waals surface area contributed by atoms with Gasteiger partial charge in [0.15, 0.2) is 0 Å². The smallest absolute Gasteiger partial charge is 0.271 e. The molecule has 2 heterocycles. The van der Waals surface area contributed by atoms with Gasteiger partial charge in [-0.2, -0.15) is 0 Å². The predicted octanol–water partition coefficient (Wildman–Crippen LogP) is 3.43. The number of amides is 1. The third-order valence-electron chi connectivity index (χ3n) is 4.07. The molecule has 0 fully saturated rings. The zero-order valence-corrected chi connectivity index (χ0v) is 16.7. The third-order valence-corrected chi connectivity index (χ3v) is 6.85. The van der Waals surface area contributed by atoms with Crippen LogP contribution in [0.4, 0.5) is 5.69 Å². The molecule has 27 heavy (non-hydrogen) atoms. The van der Waals surface area contributed by atoms with Gasteiger partial charge in [-0.15, -0.1) is 11.3 Å². The Bertz CT molecular complexity index is 1020. The molecule has 0 aliphatic carbocycles. The zero-order valence-electron chi connectivity index (χ0n) is 15.1. The van der Waals surface area contributed by atoms with Crippen LogP contribution in [0.25, 0.3) is 0 Å². The Balaban J connectivity index is 1.70. The van der Waals surface area contributed by atoms with Crippen LogP contribution in [-0.2, 0) is 16.6 Å². The maximum absolute atomic E-state index is 12.6. The van der Waals surface area contributed by atoms with Crippen LogP contribution < -0.4 is 4.72 Å². The topological polar surface area (TPSA) is 92.5 Å². The van der Waals surface area contributed by atoms with E-state index in [1.54, 1.807) is 47.7 Å². The van der Waals surface area contributed by atoms with Crippen LogP contribution in [0.1, 0.15) is 27.4 Å². The molecule has 1 N–H and O–H groups in total. The first-order chi connectivity index (χ1) is 12.8. The van der Waals surface area contributed by atoms with E-state index in [0.29, 0.717) is 23.6 Å². The lowest BCUT2D eigenvalue weighted by molar-refractivity contribution is 0.0784. The molecule has 0 atom stereocenters. The summed E-state index contributed by atoms with van der Waals surface area (Å²) in [5.41, 5.74) is 2.49. The summed E-state index contributed by atoms with van der Waals surface area (Å²) in [4.78, 5) is 14.2. The molecule has 0 bridgehead atoms. The van der Waals surface area contributed by atoms with Gasteiger partial charge in [-0.05, 0) is 49.6 Å². The second kappa shape index (κ2) is 7.53. The van der Waals surface area contributed by atoms with Gasteiger partial charge in [0.05, 0.1) is 12.2 Å². The van der Waals surface area contributed by atoms with Gasteiger partial charge in [0.1, 0.15) is 9.97 Å². The standard InChI is InChI=1S/C18H19N3O4S2/c1-12-16(13(2)25-19-12)11-21(3)18(22)14-6-8-15(9-7-14)20-27(23,24)17-5-4-10-26-17/h4-10,20H,11H2,1-3H3. The van der Waals surface area contributed by atoms with Gasteiger partial charge >= 0.3 is 0 Å². The second-order valence-electron chi connectivity index (χ2n) is 6.08. The van der Waals surface area contributed by atoms with Crippen LogP contribution in [0, 0.1) is 13.8 Å². The second-order valence-corrected chi connectivity index (χ2v) is 8.94. The van der Waals surface area contributed by atoms with Gasteiger partial charge in [-0.3, -0.25) is 9.52 Å². The molecule has 142 valence electrons. The Hall–Kier alpha value is -2.65. The maximum Gasteiger partial charge on any atom is 0.271 e. The molecule has 1 amide bonds. The molecular weight excluding hydrogens is 386 g/mol. The van der Waals surface area contributed by atoms with E-state index in [4.69, 9.17) is 4.52 Å². The molecule has 0 radical (unpaired) electrons. The predicted molar refractivity (Wildman–Crippen MR) is 103 cm³/mol. The molecule has 0 unspecified atom stereocenters. The minimum atomic E-state index is -3.61. The fraction of sp³-hybridized carbons (Fsp3) is 0.222. The lowest BCUT2D eigenvalue weighted by Gasteiger charge is -2.17. The summed E-state index contributed by atoms with van der Waals surface area (Å²) >= 11 is 1.14. The summed E-state index contributed by atoms with van der Waals surface area (Å²) in [6.45, 7) is 4.02. The van der Waals surface area contributed by atoms with Crippen molar-refractivity contribution < 1.29 is 17.7 Å². The average molecular weight is 406 g/mol. The van der Waals surface area contributed by atoms with Crippen LogP contribution in [0.15, 0.2) is 50.5 Å². The molecule has 7 nitrogen and oxygen atoms in total. The number of thiophene rings is 1. The highest BCUT2D eigenvalue weighted by Gasteiger charge is 2.18. The molecule has 1 aromatic carbocycles. The number of nitrogens with one attached hydrogen (secondary N) is 1. The van der Waals surface area contributed by atoms with E-state index in [2.05, 4.69) is 9.88 Å². The summed E-state index contributed by atoms with van der Waals surface area (Å²) in [5, 5.41) is 5.59. The highest BCUT2D eigenvalue weighted by atomic mass is 32.2. The number of aromatic nitrogens is 1. The molecule has 0 saturated heterocycles. The van der Waals surface area contributed by atoms with Crippen LogP contribution in [0.5, 0.6) is 0 Å². The number of benzene rings is 1. The lowest BCUT2D eigenvalue weighted by Crippen LogP contribution is -2.26. The van der Waals surface area contributed by atoms with Gasteiger partial charge in [-0.25, -0.2) is 8.42 Å². The van der Waals surface area contributed by atoms with Crippen molar-refractivity contribution in [3.05, 3.63) is 64.4 Å². The Labute approximate surface area is 161 Å². The first-order valence-corrected chi connectivity index (χ1v) is 10.5. The minimum absolute atomic E-state index is 0.178. The van der Waals surface area contributed by atoms with Crippen molar-refractivity contribution in [3.63, 3.8) is 0 Å². The number of hydrogen-bond donors (Lipinski definition) is 1. The Morgan fingerprint density at radius 2 is 1.93 bits per heavy atom. The van der Waals surface area contributed by atoms with Crippen LogP contribution >= 0.6 is 11.3 Å². The number of aryl methyl sites for hydroxylation is 2. The van der Waals surface area contributed by atoms with Gasteiger partial charge in [0, 0.05) is 23.9 Å². The fourth-order valence-electron chi connectivity index (χ4n) is 2.56. The number of sulfonamides is 1. The monoisotopic (exact) mass is 405 g/mol. The van der Waals surface area contributed by atoms with E-state index in [1.165, 1.54) is 6.07 Å². The van der Waals surface area contributed by atoms with E-state index in [0.717, 1.165) is 22.6 Å². The van der Waals surface area contributed by atoms with Crippen molar-refractivity contribution >= 4 is 33.0 Å². The van der Waals surface area contributed by atoms with Crippen molar-refractivity contribution in [1.29, 1.82) is 0 Å². The van der Waals surface area contributed by atoms with Crippen LogP contribution in [-0.4, -0.2) is 31.4 Å². The van der Waals surface area contributed by atoms with E-state index in [-0.39, 0.29) is 10.1 Å². The maximum atomic E-state index is 12.6. The number of carbonyl (C=O) groups excluding carboxylic acids is 1. The number of anilines is 1. The van der Waals surface area contributed by atoms with Gasteiger partial charge in [-0.1, -0.05) is 11.2 Å². The van der Waals surface area contributed by atoms with E-state index in [1.807, 2.05) is 13.8 Å². The highest BCUT2D eigenvalue weighted by Crippen LogP contribution is 2.21. The van der Waals surface area contributed by atoms with Crippen molar-refractivity contribution in [2.24, 2.45) is 0 Å². The Morgan fingerprint density at radius 1 is 1.22 bits per heavy atom. The number of carbonyl (C=O) groups is 1. The first-order valence-electron chi connectivity index (χ1n) is 8.11. The third kappa shape index (κ3) is 4.20. The van der Waals surface area contributed by atoms with E-state index in [9.17, 15) is 13.2 Å². The van der Waals surface area contributed by atoms with E-state index >= 15 is 0 Å². The summed E-state index contributed by atoms with van der Waals surface area (Å²) in [6.07, 6.45) is 0. The van der Waals surface area contributed by atoms with Crippen LogP contribution in [0.2, 0.25) is 0 Å². The normalized spacial score (nSPS) is 11.4. The van der Waals surface area contributed by atoms with Crippen molar-refractivity contribution in [2.75, 3.05) is 11.8 Å². The summed E-state index contributed by atoms with van der Waals surface area (Å²) in [5.74, 6) is 0.508. The van der Waals surface area contributed by atoms with Crippen molar-refractivity contribution in [3.8, 4) is 0 Å². The van der Waals surface area contributed by atoms with E-state index < -0.39 is 10.0 Å². The molecule has 0 aliphatic heterocycles. The Morgan fingerprint density at radius 3 is 2.48 bits per heavy atom. The van der Waals surface area contributed by atoms with Gasteiger partial charge < -0.3 is 9.42 Å². The van der Waals surface area contributed by atoms with Gasteiger partial charge in [0.25, 0.3) is 15.9 Å². The highest BCUT2D eigenvalue weighted by molar-refractivity contribution is 7.94. The molecule has 2 aromatic heterocycles. The number of nitrogens with zero attached hydrogens (tertiary/aromatic N) is 2.